The monoisotopic (exact) mass is 432 g/mol. The lowest BCUT2D eigenvalue weighted by molar-refractivity contribution is -0.137. The van der Waals surface area contributed by atoms with Crippen LogP contribution >= 0.6 is 11.8 Å². The maximum atomic E-state index is 9.97. The molecule has 174 valence electrons. The Morgan fingerprint density at radius 1 is 0.517 bits per heavy atom. The summed E-state index contributed by atoms with van der Waals surface area (Å²) in [7, 11) is 0. The molecule has 0 heterocycles. The highest BCUT2D eigenvalue weighted by atomic mass is 32.2. The van der Waals surface area contributed by atoms with Crippen molar-refractivity contribution in [3.8, 4) is 0 Å². The molecule has 0 radical (unpaired) electrons. The topological polar surface area (TPSA) is 74.6 Å². The Bertz CT molecular complexity index is 316. The van der Waals surface area contributed by atoms with Gasteiger partial charge in [-0.1, -0.05) is 117 Å². The van der Waals surface area contributed by atoms with Crippen LogP contribution in [0, 0.1) is 0 Å². The van der Waals surface area contributed by atoms with Crippen LogP contribution in [0.25, 0.3) is 0 Å². The first kappa shape index (κ1) is 30.5. The van der Waals surface area contributed by atoms with Crippen LogP contribution in [0.5, 0.6) is 0 Å². The first-order valence-corrected chi connectivity index (χ1v) is 13.2. The van der Waals surface area contributed by atoms with Gasteiger partial charge in [-0.2, -0.15) is 11.8 Å². The molecule has 0 amide bonds. The van der Waals surface area contributed by atoms with E-state index in [1.807, 2.05) is 0 Å². The van der Waals surface area contributed by atoms with E-state index >= 15 is 0 Å². The summed E-state index contributed by atoms with van der Waals surface area (Å²) in [6.45, 7) is 4.59. The molecular formula is C24H48O4S. The number of rotatable bonds is 21. The minimum absolute atomic E-state index is 0.101. The molecule has 0 fully saturated rings. The third kappa shape index (κ3) is 35.1. The fourth-order valence-corrected chi connectivity index (χ4v) is 3.88. The molecule has 0 aromatic rings. The zero-order chi connectivity index (χ0) is 22.0. The summed E-state index contributed by atoms with van der Waals surface area (Å²) in [6, 6.07) is 0. The standard InChI is InChI=1S/C18H38.C6H10O4S/c1-3-5-7-9-11-13-15-17-18-16-14-12-10-8-6-4-2;7-5(8)1-3-11-4-2-6(9)10/h3-18H2,1-2H3;1-4H2,(H,7,8)(H,9,10). The van der Waals surface area contributed by atoms with Crippen LogP contribution in [0.1, 0.15) is 129 Å². The lowest BCUT2D eigenvalue weighted by Crippen LogP contribution is -1.99. The highest BCUT2D eigenvalue weighted by Crippen LogP contribution is 2.13. The van der Waals surface area contributed by atoms with Crippen LogP contribution in [0.2, 0.25) is 0 Å². The van der Waals surface area contributed by atoms with Gasteiger partial charge in [-0.25, -0.2) is 0 Å². The quantitative estimate of drug-likeness (QED) is 0.180. The van der Waals surface area contributed by atoms with Crippen molar-refractivity contribution in [3.05, 3.63) is 0 Å². The maximum Gasteiger partial charge on any atom is 0.304 e. The predicted octanol–water partition coefficient (Wildman–Crippen LogP) is 7.94. The molecule has 29 heavy (non-hydrogen) atoms. The largest absolute Gasteiger partial charge is 0.481 e. The molecule has 0 rings (SSSR count). The van der Waals surface area contributed by atoms with E-state index in [1.54, 1.807) is 0 Å². The van der Waals surface area contributed by atoms with Gasteiger partial charge in [0.1, 0.15) is 0 Å². The van der Waals surface area contributed by atoms with E-state index < -0.39 is 11.9 Å². The van der Waals surface area contributed by atoms with E-state index in [9.17, 15) is 9.59 Å². The van der Waals surface area contributed by atoms with Crippen molar-refractivity contribution >= 4 is 23.7 Å². The van der Waals surface area contributed by atoms with Crippen LogP contribution in [0.4, 0.5) is 0 Å². The number of unbranched alkanes of at least 4 members (excludes halogenated alkanes) is 15. The number of carboxylic acids is 2. The van der Waals surface area contributed by atoms with Crippen LogP contribution in [-0.2, 0) is 9.59 Å². The molecule has 5 heteroatoms. The van der Waals surface area contributed by atoms with Crippen LogP contribution in [0.3, 0.4) is 0 Å². The molecule has 0 atom stereocenters. The number of aliphatic carboxylic acids is 2. The minimum atomic E-state index is -0.840. The van der Waals surface area contributed by atoms with E-state index in [0.29, 0.717) is 11.5 Å². The number of carbonyl (C=O) groups is 2. The molecule has 2 N–H and O–H groups in total. The first-order chi connectivity index (χ1) is 14.0. The molecule has 0 aliphatic heterocycles. The van der Waals surface area contributed by atoms with Crippen molar-refractivity contribution in [3.63, 3.8) is 0 Å². The molecule has 0 aromatic carbocycles. The molecule has 0 aliphatic rings. The smallest absolute Gasteiger partial charge is 0.304 e. The third-order valence-corrected chi connectivity index (χ3v) is 5.86. The summed E-state index contributed by atoms with van der Waals surface area (Å²) in [6.07, 6.45) is 23.6. The fraction of sp³-hybridized carbons (Fsp3) is 0.917. The maximum absolute atomic E-state index is 9.97. The van der Waals surface area contributed by atoms with Gasteiger partial charge in [-0.15, -0.1) is 0 Å². The Hall–Kier alpha value is -0.710. The van der Waals surface area contributed by atoms with Gasteiger partial charge in [0.15, 0.2) is 0 Å². The van der Waals surface area contributed by atoms with Crippen LogP contribution in [0.15, 0.2) is 0 Å². The second-order valence-electron chi connectivity index (χ2n) is 7.85. The molecule has 0 aromatic heterocycles. The highest BCUT2D eigenvalue weighted by molar-refractivity contribution is 7.99. The van der Waals surface area contributed by atoms with Gasteiger partial charge >= 0.3 is 11.9 Å². The summed E-state index contributed by atoms with van der Waals surface area (Å²) in [5.41, 5.74) is 0. The SMILES string of the molecule is CCCCCCCCCCCCCCCCCC.O=C(O)CCSCCC(=O)O. The van der Waals surface area contributed by atoms with E-state index in [-0.39, 0.29) is 12.8 Å². The minimum Gasteiger partial charge on any atom is -0.481 e. The van der Waals surface area contributed by atoms with Gasteiger partial charge < -0.3 is 10.2 Å². The van der Waals surface area contributed by atoms with E-state index in [2.05, 4.69) is 13.8 Å². The van der Waals surface area contributed by atoms with Gasteiger partial charge in [-0.05, 0) is 0 Å². The average molecular weight is 433 g/mol. The average Bonchev–Trinajstić information content (AvgIpc) is 2.68. The van der Waals surface area contributed by atoms with Gasteiger partial charge in [0.2, 0.25) is 0 Å². The van der Waals surface area contributed by atoms with E-state index in [0.717, 1.165) is 0 Å². The Balaban J connectivity index is 0. The molecule has 0 saturated carbocycles. The summed E-state index contributed by atoms with van der Waals surface area (Å²) in [4.78, 5) is 19.9. The molecular weight excluding hydrogens is 384 g/mol. The van der Waals surface area contributed by atoms with Gasteiger partial charge in [0.05, 0.1) is 12.8 Å². The summed E-state index contributed by atoms with van der Waals surface area (Å²) in [5.74, 6) is -0.703. The Morgan fingerprint density at radius 2 is 0.759 bits per heavy atom. The molecule has 0 aliphatic carbocycles. The van der Waals surface area contributed by atoms with Crippen molar-refractivity contribution in [2.45, 2.75) is 129 Å². The van der Waals surface area contributed by atoms with Crippen molar-refractivity contribution in [1.29, 1.82) is 0 Å². The summed E-state index contributed by atoms with van der Waals surface area (Å²) < 4.78 is 0. The number of hydrogen-bond donors (Lipinski definition) is 2. The van der Waals surface area contributed by atoms with E-state index in [1.165, 1.54) is 114 Å². The van der Waals surface area contributed by atoms with E-state index in [4.69, 9.17) is 10.2 Å². The predicted molar refractivity (Wildman–Crippen MR) is 127 cm³/mol. The van der Waals surface area contributed by atoms with Crippen molar-refractivity contribution in [2.24, 2.45) is 0 Å². The Labute approximate surface area is 184 Å². The lowest BCUT2D eigenvalue weighted by Gasteiger charge is -2.03. The normalized spacial score (nSPS) is 10.4. The molecule has 0 spiro atoms. The molecule has 0 bridgehead atoms. The summed E-state index contributed by atoms with van der Waals surface area (Å²) in [5, 5.41) is 16.4. The number of hydrogen-bond acceptors (Lipinski definition) is 3. The first-order valence-electron chi connectivity index (χ1n) is 12.1. The fourth-order valence-electron chi connectivity index (χ4n) is 3.04. The Kier molecular flexibility index (Phi) is 28.7. The number of thioether (sulfide) groups is 1. The van der Waals surface area contributed by atoms with Crippen molar-refractivity contribution in [2.75, 3.05) is 11.5 Å². The van der Waals surface area contributed by atoms with Crippen molar-refractivity contribution < 1.29 is 19.8 Å². The molecule has 0 saturated heterocycles. The zero-order valence-corrected chi connectivity index (χ0v) is 20.1. The zero-order valence-electron chi connectivity index (χ0n) is 19.3. The second kappa shape index (κ2) is 27.3. The van der Waals surface area contributed by atoms with Crippen LogP contribution < -0.4 is 0 Å². The van der Waals surface area contributed by atoms with Crippen LogP contribution in [-0.4, -0.2) is 33.7 Å². The van der Waals surface area contributed by atoms with Gasteiger partial charge in [-0.3, -0.25) is 9.59 Å². The van der Waals surface area contributed by atoms with Gasteiger partial charge in [0.25, 0.3) is 0 Å². The molecule has 4 nitrogen and oxygen atoms in total. The van der Waals surface area contributed by atoms with Crippen molar-refractivity contribution in [1.82, 2.24) is 0 Å². The number of carboxylic acid groups (broad SMARTS) is 2. The highest BCUT2D eigenvalue weighted by Gasteiger charge is 1.99. The third-order valence-electron chi connectivity index (χ3n) is 4.88. The second-order valence-corrected chi connectivity index (χ2v) is 9.07. The lowest BCUT2D eigenvalue weighted by atomic mass is 10.0. The Morgan fingerprint density at radius 3 is 0.966 bits per heavy atom. The molecule has 0 unspecified atom stereocenters. The summed E-state index contributed by atoms with van der Waals surface area (Å²) >= 11 is 1.35. The van der Waals surface area contributed by atoms with Gasteiger partial charge in [0, 0.05) is 11.5 Å².